The Hall–Kier alpha value is -1.06. The van der Waals surface area contributed by atoms with Crippen LogP contribution in [-0.4, -0.2) is 12.5 Å². The molecule has 1 aromatic carbocycles. The SMILES string of the molecule is CC(C)c1ccc(C(N)CNC(=O)C2CCCC2)cc1.Cl. The van der Waals surface area contributed by atoms with E-state index < -0.39 is 0 Å². The smallest absolute Gasteiger partial charge is 0.223 e. The van der Waals surface area contributed by atoms with E-state index in [2.05, 4.69) is 43.4 Å². The van der Waals surface area contributed by atoms with Crippen LogP contribution in [0.4, 0.5) is 0 Å². The Balaban J connectivity index is 0.00000220. The first-order chi connectivity index (χ1) is 9.58. The van der Waals surface area contributed by atoms with Gasteiger partial charge in [0.05, 0.1) is 0 Å². The number of rotatable bonds is 5. The Morgan fingerprint density at radius 1 is 1.19 bits per heavy atom. The van der Waals surface area contributed by atoms with Gasteiger partial charge < -0.3 is 11.1 Å². The van der Waals surface area contributed by atoms with E-state index in [1.807, 2.05) is 0 Å². The number of nitrogens with two attached hydrogens (primary N) is 1. The van der Waals surface area contributed by atoms with Crippen LogP contribution in [-0.2, 0) is 4.79 Å². The van der Waals surface area contributed by atoms with E-state index in [4.69, 9.17) is 5.73 Å². The molecule has 2 rings (SSSR count). The maximum Gasteiger partial charge on any atom is 0.223 e. The summed E-state index contributed by atoms with van der Waals surface area (Å²) in [6, 6.07) is 8.27. The second-order valence-corrected chi connectivity index (χ2v) is 6.15. The van der Waals surface area contributed by atoms with Crippen molar-refractivity contribution in [1.29, 1.82) is 0 Å². The molecule has 4 heteroatoms. The van der Waals surface area contributed by atoms with Crippen LogP contribution in [0.1, 0.15) is 62.6 Å². The summed E-state index contributed by atoms with van der Waals surface area (Å²) in [5, 5.41) is 3.00. The van der Waals surface area contributed by atoms with E-state index in [1.54, 1.807) is 0 Å². The summed E-state index contributed by atoms with van der Waals surface area (Å²) in [5.41, 5.74) is 8.55. The molecule has 118 valence electrons. The molecule has 1 fully saturated rings. The van der Waals surface area contributed by atoms with E-state index in [0.29, 0.717) is 12.5 Å². The predicted octanol–water partition coefficient (Wildman–Crippen LogP) is 3.54. The third-order valence-corrected chi connectivity index (χ3v) is 4.25. The number of benzene rings is 1. The zero-order valence-electron chi connectivity index (χ0n) is 13.0. The van der Waals surface area contributed by atoms with Gasteiger partial charge >= 0.3 is 0 Å². The number of carbonyl (C=O) groups is 1. The van der Waals surface area contributed by atoms with Gasteiger partial charge in [-0.1, -0.05) is 51.0 Å². The van der Waals surface area contributed by atoms with Crippen molar-refractivity contribution in [3.63, 3.8) is 0 Å². The molecule has 3 N–H and O–H groups in total. The van der Waals surface area contributed by atoms with Crippen molar-refractivity contribution in [1.82, 2.24) is 5.32 Å². The average molecular weight is 311 g/mol. The fraction of sp³-hybridized carbons (Fsp3) is 0.588. The second kappa shape index (κ2) is 8.40. The molecule has 1 aromatic rings. The largest absolute Gasteiger partial charge is 0.354 e. The highest BCUT2D eigenvalue weighted by molar-refractivity contribution is 5.85. The number of amides is 1. The topological polar surface area (TPSA) is 55.1 Å². The molecule has 1 amide bonds. The van der Waals surface area contributed by atoms with Crippen LogP contribution < -0.4 is 11.1 Å². The minimum Gasteiger partial charge on any atom is -0.354 e. The summed E-state index contributed by atoms with van der Waals surface area (Å²) < 4.78 is 0. The Morgan fingerprint density at radius 2 is 1.71 bits per heavy atom. The van der Waals surface area contributed by atoms with Crippen LogP contribution in [0.15, 0.2) is 24.3 Å². The Bertz CT molecular complexity index is 439. The molecule has 1 atom stereocenters. The van der Waals surface area contributed by atoms with E-state index in [1.165, 1.54) is 18.4 Å². The van der Waals surface area contributed by atoms with Crippen molar-refractivity contribution in [2.24, 2.45) is 11.7 Å². The van der Waals surface area contributed by atoms with Gasteiger partial charge in [-0.15, -0.1) is 12.4 Å². The minimum absolute atomic E-state index is 0. The Labute approximate surface area is 134 Å². The van der Waals surface area contributed by atoms with Crippen molar-refractivity contribution in [2.45, 2.75) is 51.5 Å². The molecule has 0 bridgehead atoms. The number of halogens is 1. The molecule has 0 heterocycles. The molecule has 1 unspecified atom stereocenters. The molecule has 0 saturated heterocycles. The van der Waals surface area contributed by atoms with Gasteiger partial charge in [-0.3, -0.25) is 4.79 Å². The molecule has 0 radical (unpaired) electrons. The van der Waals surface area contributed by atoms with E-state index in [0.717, 1.165) is 18.4 Å². The summed E-state index contributed by atoms with van der Waals surface area (Å²) >= 11 is 0. The molecule has 0 aromatic heterocycles. The zero-order valence-corrected chi connectivity index (χ0v) is 13.8. The summed E-state index contributed by atoms with van der Waals surface area (Å²) in [5.74, 6) is 0.921. The number of carbonyl (C=O) groups excluding carboxylic acids is 1. The maximum atomic E-state index is 12.0. The molecule has 1 saturated carbocycles. The summed E-state index contributed by atoms with van der Waals surface area (Å²) in [7, 11) is 0. The van der Waals surface area contributed by atoms with Crippen molar-refractivity contribution in [3.8, 4) is 0 Å². The quantitative estimate of drug-likeness (QED) is 0.874. The molecule has 3 nitrogen and oxygen atoms in total. The maximum absolute atomic E-state index is 12.0. The highest BCUT2D eigenvalue weighted by Gasteiger charge is 2.22. The molecule has 0 spiro atoms. The van der Waals surface area contributed by atoms with Crippen LogP contribution >= 0.6 is 12.4 Å². The Morgan fingerprint density at radius 3 is 2.24 bits per heavy atom. The van der Waals surface area contributed by atoms with Crippen LogP contribution in [0.25, 0.3) is 0 Å². The van der Waals surface area contributed by atoms with Crippen LogP contribution in [0.2, 0.25) is 0 Å². The third-order valence-electron chi connectivity index (χ3n) is 4.25. The van der Waals surface area contributed by atoms with Gasteiger partial charge in [-0.25, -0.2) is 0 Å². The summed E-state index contributed by atoms with van der Waals surface area (Å²) in [4.78, 5) is 12.0. The van der Waals surface area contributed by atoms with Gasteiger partial charge in [0, 0.05) is 18.5 Å². The second-order valence-electron chi connectivity index (χ2n) is 6.15. The van der Waals surface area contributed by atoms with E-state index in [9.17, 15) is 4.79 Å². The molecule has 21 heavy (non-hydrogen) atoms. The number of hydrogen-bond donors (Lipinski definition) is 2. The lowest BCUT2D eigenvalue weighted by atomic mass is 9.99. The number of hydrogen-bond acceptors (Lipinski definition) is 2. The van der Waals surface area contributed by atoms with Gasteiger partial charge in [-0.2, -0.15) is 0 Å². The molecular weight excluding hydrogens is 284 g/mol. The molecule has 1 aliphatic rings. The van der Waals surface area contributed by atoms with Gasteiger partial charge in [0.2, 0.25) is 5.91 Å². The first-order valence-electron chi connectivity index (χ1n) is 7.71. The fourth-order valence-electron chi connectivity index (χ4n) is 2.79. The third kappa shape index (κ3) is 5.01. The van der Waals surface area contributed by atoms with Gasteiger partial charge in [-0.05, 0) is 29.9 Å². The average Bonchev–Trinajstić information content (AvgIpc) is 2.98. The van der Waals surface area contributed by atoms with Crippen LogP contribution in [0, 0.1) is 5.92 Å². The van der Waals surface area contributed by atoms with Crippen molar-refractivity contribution < 1.29 is 4.79 Å². The summed E-state index contributed by atoms with van der Waals surface area (Å²) in [6.07, 6.45) is 4.43. The molecule has 0 aliphatic heterocycles. The first kappa shape index (κ1) is 18.0. The lowest BCUT2D eigenvalue weighted by Gasteiger charge is -2.16. The zero-order chi connectivity index (χ0) is 14.5. The molecular formula is C17H27ClN2O. The first-order valence-corrected chi connectivity index (χ1v) is 7.71. The highest BCUT2D eigenvalue weighted by Crippen LogP contribution is 2.24. The van der Waals surface area contributed by atoms with E-state index in [-0.39, 0.29) is 30.3 Å². The van der Waals surface area contributed by atoms with Crippen LogP contribution in [0.5, 0.6) is 0 Å². The Kier molecular flexibility index (Phi) is 7.20. The van der Waals surface area contributed by atoms with Gasteiger partial charge in [0.25, 0.3) is 0 Å². The monoisotopic (exact) mass is 310 g/mol. The van der Waals surface area contributed by atoms with E-state index >= 15 is 0 Å². The standard InChI is InChI=1S/C17H26N2O.ClH/c1-12(2)13-7-9-14(10-8-13)16(18)11-19-17(20)15-5-3-4-6-15;/h7-10,12,15-16H,3-6,11,18H2,1-2H3,(H,19,20);1H. The van der Waals surface area contributed by atoms with Gasteiger partial charge in [0.1, 0.15) is 0 Å². The fourth-order valence-corrected chi connectivity index (χ4v) is 2.79. The minimum atomic E-state index is -0.124. The predicted molar refractivity (Wildman–Crippen MR) is 89.7 cm³/mol. The van der Waals surface area contributed by atoms with Crippen molar-refractivity contribution >= 4 is 18.3 Å². The van der Waals surface area contributed by atoms with Crippen LogP contribution in [0.3, 0.4) is 0 Å². The normalized spacial score (nSPS) is 16.6. The number of nitrogens with one attached hydrogen (secondary N) is 1. The van der Waals surface area contributed by atoms with Crippen molar-refractivity contribution in [3.05, 3.63) is 35.4 Å². The van der Waals surface area contributed by atoms with Gasteiger partial charge in [0.15, 0.2) is 0 Å². The van der Waals surface area contributed by atoms with Crippen molar-refractivity contribution in [2.75, 3.05) is 6.54 Å². The lowest BCUT2D eigenvalue weighted by molar-refractivity contribution is -0.124. The molecule has 1 aliphatic carbocycles. The summed E-state index contributed by atoms with van der Waals surface area (Å²) in [6.45, 7) is 4.88. The lowest BCUT2D eigenvalue weighted by Crippen LogP contribution is -2.35. The highest BCUT2D eigenvalue weighted by atomic mass is 35.5.